The Balaban J connectivity index is 1.96. The highest BCUT2D eigenvalue weighted by molar-refractivity contribution is 5.88. The van der Waals surface area contributed by atoms with Gasteiger partial charge in [-0.05, 0) is 30.9 Å². The average Bonchev–Trinajstić information content (AvgIpc) is 2.56. The molecular formula is C21H24O2. The van der Waals surface area contributed by atoms with E-state index >= 15 is 0 Å². The van der Waals surface area contributed by atoms with E-state index in [1.165, 1.54) is 0 Å². The third kappa shape index (κ3) is 5.48. The number of carbonyl (C=O) groups excluding carboxylic acids is 2. The minimum Gasteiger partial charge on any atom is -0.300 e. The van der Waals surface area contributed by atoms with E-state index in [0.29, 0.717) is 12.8 Å². The number of hydrogen-bond donors (Lipinski definition) is 0. The van der Waals surface area contributed by atoms with Gasteiger partial charge < -0.3 is 0 Å². The molecule has 0 bridgehead atoms. The van der Waals surface area contributed by atoms with Crippen molar-refractivity contribution in [2.24, 2.45) is 11.8 Å². The summed E-state index contributed by atoms with van der Waals surface area (Å²) < 4.78 is 0. The Bertz CT molecular complexity index is 631. The standard InChI is InChI=1S/C21H24O2/c1-16(13-18-9-5-3-6-10-18)21(23)15-20(17(2)22)14-19-11-7-4-8-12-19/h3-12,16,20H,13-15H2,1-2H3/t16-,20+/m0/s1. The van der Waals surface area contributed by atoms with Crippen molar-refractivity contribution in [3.63, 3.8) is 0 Å². The summed E-state index contributed by atoms with van der Waals surface area (Å²) >= 11 is 0. The number of Topliss-reactive ketones (excluding diaryl/α,β-unsaturated/α-hetero) is 2. The van der Waals surface area contributed by atoms with Crippen molar-refractivity contribution in [3.8, 4) is 0 Å². The molecule has 0 radical (unpaired) electrons. The van der Waals surface area contributed by atoms with Crippen molar-refractivity contribution in [1.82, 2.24) is 0 Å². The van der Waals surface area contributed by atoms with Crippen molar-refractivity contribution in [1.29, 1.82) is 0 Å². The van der Waals surface area contributed by atoms with E-state index < -0.39 is 0 Å². The average molecular weight is 308 g/mol. The Morgan fingerprint density at radius 2 is 1.30 bits per heavy atom. The molecule has 23 heavy (non-hydrogen) atoms. The van der Waals surface area contributed by atoms with Gasteiger partial charge in [0.2, 0.25) is 0 Å². The Labute approximate surface area is 138 Å². The zero-order valence-electron chi connectivity index (χ0n) is 13.9. The van der Waals surface area contributed by atoms with Crippen LogP contribution in [0, 0.1) is 11.8 Å². The smallest absolute Gasteiger partial charge is 0.136 e. The highest BCUT2D eigenvalue weighted by Crippen LogP contribution is 2.18. The summed E-state index contributed by atoms with van der Waals surface area (Å²) in [4.78, 5) is 24.4. The van der Waals surface area contributed by atoms with Gasteiger partial charge in [0, 0.05) is 18.3 Å². The van der Waals surface area contributed by atoms with Crippen LogP contribution in [0.3, 0.4) is 0 Å². The first-order valence-electron chi connectivity index (χ1n) is 8.17. The first-order valence-corrected chi connectivity index (χ1v) is 8.17. The number of carbonyl (C=O) groups is 2. The van der Waals surface area contributed by atoms with Crippen LogP contribution in [0.1, 0.15) is 31.4 Å². The van der Waals surface area contributed by atoms with Crippen molar-refractivity contribution >= 4 is 11.6 Å². The molecule has 2 atom stereocenters. The van der Waals surface area contributed by atoms with Crippen LogP contribution >= 0.6 is 0 Å². The summed E-state index contributed by atoms with van der Waals surface area (Å²) in [7, 11) is 0. The van der Waals surface area contributed by atoms with Gasteiger partial charge in [-0.1, -0.05) is 67.6 Å². The van der Waals surface area contributed by atoms with Gasteiger partial charge in [-0.15, -0.1) is 0 Å². The minimum atomic E-state index is -0.219. The van der Waals surface area contributed by atoms with Gasteiger partial charge in [0.1, 0.15) is 11.6 Å². The maximum Gasteiger partial charge on any atom is 0.136 e. The molecule has 0 saturated heterocycles. The van der Waals surface area contributed by atoms with Crippen LogP contribution in [-0.4, -0.2) is 11.6 Å². The van der Waals surface area contributed by atoms with Gasteiger partial charge in [-0.2, -0.15) is 0 Å². The number of rotatable bonds is 8. The molecule has 0 heterocycles. The Morgan fingerprint density at radius 3 is 1.78 bits per heavy atom. The van der Waals surface area contributed by atoms with Gasteiger partial charge in [-0.3, -0.25) is 9.59 Å². The predicted molar refractivity (Wildman–Crippen MR) is 93.3 cm³/mol. The predicted octanol–water partition coefficient (Wildman–Crippen LogP) is 4.27. The van der Waals surface area contributed by atoms with Crippen LogP contribution in [0.25, 0.3) is 0 Å². The summed E-state index contributed by atoms with van der Waals surface area (Å²) in [6.45, 7) is 3.54. The third-order valence-electron chi connectivity index (χ3n) is 4.28. The Hall–Kier alpha value is -2.22. The molecule has 2 aromatic rings. The molecule has 0 aliphatic carbocycles. The molecule has 2 heteroatoms. The number of benzene rings is 2. The molecule has 2 rings (SSSR count). The Kier molecular flexibility index (Phi) is 6.28. The fourth-order valence-corrected chi connectivity index (χ4v) is 2.78. The maximum atomic E-state index is 12.5. The van der Waals surface area contributed by atoms with Crippen molar-refractivity contribution in [2.75, 3.05) is 0 Å². The summed E-state index contributed by atoms with van der Waals surface area (Å²) in [5.41, 5.74) is 2.27. The van der Waals surface area contributed by atoms with E-state index in [-0.39, 0.29) is 23.4 Å². The van der Waals surface area contributed by atoms with Crippen LogP contribution < -0.4 is 0 Å². The summed E-state index contributed by atoms with van der Waals surface area (Å²) in [5.74, 6) is -0.0164. The first kappa shape index (κ1) is 17.1. The van der Waals surface area contributed by atoms with Crippen LogP contribution in [0.15, 0.2) is 60.7 Å². The van der Waals surface area contributed by atoms with Crippen molar-refractivity contribution < 1.29 is 9.59 Å². The summed E-state index contributed by atoms with van der Waals surface area (Å²) in [5, 5.41) is 0. The van der Waals surface area contributed by atoms with Gasteiger partial charge in [0.25, 0.3) is 0 Å². The van der Waals surface area contributed by atoms with E-state index in [1.807, 2.05) is 67.6 Å². The second-order valence-electron chi connectivity index (χ2n) is 6.26. The monoisotopic (exact) mass is 308 g/mol. The largest absolute Gasteiger partial charge is 0.300 e. The molecule has 0 spiro atoms. The molecule has 0 unspecified atom stereocenters. The van der Waals surface area contributed by atoms with E-state index in [2.05, 4.69) is 0 Å². The molecule has 2 aromatic carbocycles. The number of ketones is 2. The van der Waals surface area contributed by atoms with Crippen LogP contribution in [0.5, 0.6) is 0 Å². The molecular weight excluding hydrogens is 284 g/mol. The SMILES string of the molecule is CC(=O)[C@@H](CC(=O)[C@@H](C)Cc1ccccc1)Cc1ccccc1. The summed E-state index contributed by atoms with van der Waals surface area (Å²) in [6, 6.07) is 19.9. The number of hydrogen-bond acceptors (Lipinski definition) is 2. The van der Waals surface area contributed by atoms with Crippen LogP contribution in [-0.2, 0) is 22.4 Å². The van der Waals surface area contributed by atoms with Crippen molar-refractivity contribution in [3.05, 3.63) is 71.8 Å². The molecule has 120 valence electrons. The van der Waals surface area contributed by atoms with Crippen LogP contribution in [0.4, 0.5) is 0 Å². The second-order valence-corrected chi connectivity index (χ2v) is 6.26. The second kappa shape index (κ2) is 8.42. The zero-order valence-corrected chi connectivity index (χ0v) is 13.9. The maximum absolute atomic E-state index is 12.5. The molecule has 0 saturated carbocycles. The fraction of sp³-hybridized carbons (Fsp3) is 0.333. The lowest BCUT2D eigenvalue weighted by Crippen LogP contribution is -2.23. The third-order valence-corrected chi connectivity index (χ3v) is 4.28. The first-order chi connectivity index (χ1) is 11.1. The minimum absolute atomic E-state index is 0.0602. The molecule has 0 aromatic heterocycles. The molecule has 2 nitrogen and oxygen atoms in total. The van der Waals surface area contributed by atoms with Gasteiger partial charge >= 0.3 is 0 Å². The van der Waals surface area contributed by atoms with Gasteiger partial charge in [-0.25, -0.2) is 0 Å². The lowest BCUT2D eigenvalue weighted by molar-refractivity contribution is -0.128. The van der Waals surface area contributed by atoms with Crippen LogP contribution in [0.2, 0.25) is 0 Å². The highest BCUT2D eigenvalue weighted by Gasteiger charge is 2.22. The Morgan fingerprint density at radius 1 is 0.826 bits per heavy atom. The zero-order chi connectivity index (χ0) is 16.7. The highest BCUT2D eigenvalue weighted by atomic mass is 16.1. The topological polar surface area (TPSA) is 34.1 Å². The van der Waals surface area contributed by atoms with Crippen molar-refractivity contribution in [2.45, 2.75) is 33.1 Å². The lowest BCUT2D eigenvalue weighted by atomic mass is 9.86. The molecule has 0 aliphatic heterocycles. The van der Waals surface area contributed by atoms with E-state index in [9.17, 15) is 9.59 Å². The van der Waals surface area contributed by atoms with E-state index in [4.69, 9.17) is 0 Å². The lowest BCUT2D eigenvalue weighted by Gasteiger charge is -2.16. The fourth-order valence-electron chi connectivity index (χ4n) is 2.78. The molecule has 0 aliphatic rings. The van der Waals surface area contributed by atoms with E-state index in [1.54, 1.807) is 6.92 Å². The summed E-state index contributed by atoms with van der Waals surface area (Å²) in [6.07, 6.45) is 1.70. The van der Waals surface area contributed by atoms with Gasteiger partial charge in [0.15, 0.2) is 0 Å². The van der Waals surface area contributed by atoms with Gasteiger partial charge in [0.05, 0.1) is 0 Å². The van der Waals surface area contributed by atoms with E-state index in [0.717, 1.165) is 17.5 Å². The molecule has 0 fully saturated rings. The molecule has 0 amide bonds. The molecule has 0 N–H and O–H groups in total. The quantitative estimate of drug-likeness (QED) is 0.729. The normalized spacial score (nSPS) is 13.3.